The molecule has 102 valence electrons. The number of esters is 1. The average molecular weight is 282 g/mol. The fourth-order valence-corrected chi connectivity index (χ4v) is 2.36. The summed E-state index contributed by atoms with van der Waals surface area (Å²) in [6.07, 6.45) is 2.98. The number of rotatable bonds is 6. The van der Waals surface area contributed by atoms with Gasteiger partial charge in [-0.1, -0.05) is 23.3 Å². The van der Waals surface area contributed by atoms with Crippen LogP contribution >= 0.6 is 8.18 Å². The zero-order valence-corrected chi connectivity index (χ0v) is 11.6. The minimum absolute atomic E-state index is 0.0321. The first-order chi connectivity index (χ1) is 9.15. The first-order valence-electron chi connectivity index (χ1n) is 6.32. The Labute approximate surface area is 113 Å². The normalized spacial score (nSPS) is 17.2. The third-order valence-electron chi connectivity index (χ3n) is 2.92. The number of nitrogens with one attached hydrogen (secondary N) is 1. The van der Waals surface area contributed by atoms with E-state index in [4.69, 9.17) is 9.26 Å². The van der Waals surface area contributed by atoms with Crippen LogP contribution in [0.2, 0.25) is 0 Å². The maximum atomic E-state index is 11.7. The highest BCUT2D eigenvalue weighted by Gasteiger charge is 2.31. The fourth-order valence-electron chi connectivity index (χ4n) is 1.57. The van der Waals surface area contributed by atoms with Crippen molar-refractivity contribution in [2.75, 3.05) is 0 Å². The van der Waals surface area contributed by atoms with E-state index < -0.39 is 14.2 Å². The van der Waals surface area contributed by atoms with Gasteiger partial charge < -0.3 is 4.74 Å². The molecule has 1 fully saturated rings. The van der Waals surface area contributed by atoms with Gasteiger partial charge in [0.1, 0.15) is 12.1 Å². The number of hydrogen-bond donors (Lipinski definition) is 1. The van der Waals surface area contributed by atoms with Gasteiger partial charge in [0, 0.05) is 4.57 Å². The third-order valence-corrected chi connectivity index (χ3v) is 3.89. The molecule has 0 heterocycles. The van der Waals surface area contributed by atoms with Gasteiger partial charge in [-0.05, 0) is 38.3 Å². The summed E-state index contributed by atoms with van der Waals surface area (Å²) in [6.45, 7) is 1.61. The molecule has 1 aromatic rings. The Bertz CT molecular complexity index is 447. The minimum Gasteiger partial charge on any atom is -0.461 e. The summed E-state index contributed by atoms with van der Waals surface area (Å²) in [5, 5.41) is 2.59. The monoisotopic (exact) mass is 282 g/mol. The van der Waals surface area contributed by atoms with E-state index in [1.54, 1.807) is 31.2 Å². The molecule has 0 spiro atoms. The van der Waals surface area contributed by atoms with E-state index in [1.165, 1.54) is 0 Å². The van der Waals surface area contributed by atoms with Gasteiger partial charge in [0.05, 0.1) is 0 Å². The molecule has 6 heteroatoms. The van der Waals surface area contributed by atoms with E-state index in [0.29, 0.717) is 5.75 Å². The maximum absolute atomic E-state index is 11.7. The molecule has 0 saturated heterocycles. The SMILES string of the molecule is C[C@H](N[P+](=O)Oc1ccccc1)C(=O)OC1CCC1. The van der Waals surface area contributed by atoms with Gasteiger partial charge in [-0.25, -0.2) is 4.52 Å². The van der Waals surface area contributed by atoms with E-state index in [9.17, 15) is 9.36 Å². The van der Waals surface area contributed by atoms with Crippen LogP contribution < -0.4 is 9.61 Å². The van der Waals surface area contributed by atoms with Gasteiger partial charge in [-0.3, -0.25) is 4.79 Å². The predicted octanol–water partition coefficient (Wildman–Crippen LogP) is 2.80. The topological polar surface area (TPSA) is 64.6 Å². The zero-order chi connectivity index (χ0) is 13.7. The van der Waals surface area contributed by atoms with Crippen molar-refractivity contribution >= 4 is 14.1 Å². The van der Waals surface area contributed by atoms with Crippen molar-refractivity contribution in [3.63, 3.8) is 0 Å². The lowest BCUT2D eigenvalue weighted by Crippen LogP contribution is -2.36. The minimum atomic E-state index is -2.14. The van der Waals surface area contributed by atoms with Crippen LogP contribution in [-0.2, 0) is 14.1 Å². The molecule has 1 N–H and O–H groups in total. The standard InChI is InChI=1S/C13H17NO4P/c1-10(13(15)17-11-8-5-9-11)14-19(16)18-12-6-3-2-4-7-12/h2-4,6-7,10-11H,5,8-9H2,1H3,(H,14,16)/q+1/t10-/m0/s1. The smallest absolute Gasteiger partial charge is 0.461 e. The highest BCUT2D eigenvalue weighted by Crippen LogP contribution is 2.25. The van der Waals surface area contributed by atoms with Crippen LogP contribution in [0.3, 0.4) is 0 Å². The van der Waals surface area contributed by atoms with Crippen molar-refractivity contribution in [1.29, 1.82) is 0 Å². The molecule has 2 atom stereocenters. The number of hydrogen-bond acceptors (Lipinski definition) is 4. The molecule has 1 saturated carbocycles. The number of ether oxygens (including phenoxy) is 1. The van der Waals surface area contributed by atoms with Crippen molar-refractivity contribution in [1.82, 2.24) is 5.09 Å². The van der Waals surface area contributed by atoms with E-state index in [2.05, 4.69) is 5.09 Å². The highest BCUT2D eigenvalue weighted by atomic mass is 31.1. The van der Waals surface area contributed by atoms with Crippen molar-refractivity contribution in [3.8, 4) is 5.75 Å². The van der Waals surface area contributed by atoms with Crippen LogP contribution in [0.1, 0.15) is 26.2 Å². The Morgan fingerprint density at radius 2 is 2.05 bits per heavy atom. The molecule has 1 unspecified atom stereocenters. The number of benzene rings is 1. The lowest BCUT2D eigenvalue weighted by Gasteiger charge is -2.25. The summed E-state index contributed by atoms with van der Waals surface area (Å²) < 4.78 is 22.1. The molecule has 2 rings (SSSR count). The van der Waals surface area contributed by atoms with Crippen molar-refractivity contribution in [3.05, 3.63) is 30.3 Å². The lowest BCUT2D eigenvalue weighted by molar-refractivity contribution is -0.154. The largest absolute Gasteiger partial charge is 0.664 e. The summed E-state index contributed by atoms with van der Waals surface area (Å²) >= 11 is 0. The van der Waals surface area contributed by atoms with Crippen LogP contribution in [0.4, 0.5) is 0 Å². The molecular weight excluding hydrogens is 265 g/mol. The average Bonchev–Trinajstić information content (AvgIpc) is 2.34. The summed E-state index contributed by atoms with van der Waals surface area (Å²) in [6, 6.07) is 8.16. The van der Waals surface area contributed by atoms with E-state index in [-0.39, 0.29) is 12.1 Å². The molecule has 1 aromatic carbocycles. The first-order valence-corrected chi connectivity index (χ1v) is 7.50. The van der Waals surface area contributed by atoms with E-state index >= 15 is 0 Å². The highest BCUT2D eigenvalue weighted by molar-refractivity contribution is 7.37. The second kappa shape index (κ2) is 6.64. The second-order valence-corrected chi connectivity index (χ2v) is 5.46. The Balaban J connectivity index is 1.76. The van der Waals surface area contributed by atoms with Crippen LogP contribution in [0, 0.1) is 0 Å². The number of para-hydroxylation sites is 1. The Hall–Kier alpha value is -1.45. The summed E-state index contributed by atoms with van der Waals surface area (Å²) in [7, 11) is -2.14. The lowest BCUT2D eigenvalue weighted by atomic mass is 9.96. The van der Waals surface area contributed by atoms with Crippen LogP contribution in [0.25, 0.3) is 0 Å². The Kier molecular flexibility index (Phi) is 4.88. The molecule has 0 amide bonds. The molecular formula is C13H17NO4P+. The van der Waals surface area contributed by atoms with Crippen molar-refractivity contribution < 1.29 is 18.6 Å². The number of carbonyl (C=O) groups excluding carboxylic acids is 1. The molecule has 1 aliphatic rings. The van der Waals surface area contributed by atoms with Crippen molar-refractivity contribution in [2.24, 2.45) is 0 Å². The van der Waals surface area contributed by atoms with Gasteiger partial charge >= 0.3 is 14.1 Å². The van der Waals surface area contributed by atoms with Gasteiger partial charge in [0.25, 0.3) is 0 Å². The fraction of sp³-hybridized carbons (Fsp3) is 0.462. The maximum Gasteiger partial charge on any atom is 0.664 e. The molecule has 0 bridgehead atoms. The van der Waals surface area contributed by atoms with Crippen LogP contribution in [0.5, 0.6) is 5.75 Å². The summed E-state index contributed by atoms with van der Waals surface area (Å²) in [5.41, 5.74) is 0. The molecule has 0 radical (unpaired) electrons. The second-order valence-electron chi connectivity index (χ2n) is 4.50. The molecule has 19 heavy (non-hydrogen) atoms. The summed E-state index contributed by atoms with van der Waals surface area (Å²) in [4.78, 5) is 11.7. The predicted molar refractivity (Wildman–Crippen MR) is 71.0 cm³/mol. The van der Waals surface area contributed by atoms with Gasteiger partial charge in [0.15, 0.2) is 5.75 Å². The first kappa shape index (κ1) is 14.0. The van der Waals surface area contributed by atoms with Gasteiger partial charge in [-0.15, -0.1) is 0 Å². The molecule has 0 aliphatic heterocycles. The van der Waals surface area contributed by atoms with Crippen molar-refractivity contribution in [2.45, 2.75) is 38.3 Å². The third kappa shape index (κ3) is 4.30. The Morgan fingerprint density at radius 1 is 1.37 bits per heavy atom. The van der Waals surface area contributed by atoms with Crippen LogP contribution in [-0.4, -0.2) is 18.1 Å². The number of carbonyl (C=O) groups is 1. The van der Waals surface area contributed by atoms with E-state index in [1.807, 2.05) is 6.07 Å². The van der Waals surface area contributed by atoms with E-state index in [0.717, 1.165) is 19.3 Å². The molecule has 5 nitrogen and oxygen atoms in total. The van der Waals surface area contributed by atoms with Crippen LogP contribution in [0.15, 0.2) is 30.3 Å². The Morgan fingerprint density at radius 3 is 2.63 bits per heavy atom. The quantitative estimate of drug-likeness (QED) is 0.642. The van der Waals surface area contributed by atoms with Gasteiger partial charge in [-0.2, -0.15) is 0 Å². The molecule has 1 aliphatic carbocycles. The summed E-state index contributed by atoms with van der Waals surface area (Å²) in [5.74, 6) is 0.111. The zero-order valence-electron chi connectivity index (χ0n) is 10.7. The molecule has 0 aromatic heterocycles. The van der Waals surface area contributed by atoms with Gasteiger partial charge in [0.2, 0.25) is 0 Å².